The van der Waals surface area contributed by atoms with Gasteiger partial charge in [-0.3, -0.25) is 4.79 Å². The molecule has 2 rings (SSSR count). The first kappa shape index (κ1) is 11.6. The number of halogens is 1. The molecule has 0 spiro atoms. The molecule has 1 aromatic rings. The molecule has 0 heterocycles. The van der Waals surface area contributed by atoms with Gasteiger partial charge in [0.15, 0.2) is 0 Å². The van der Waals surface area contributed by atoms with Crippen molar-refractivity contribution in [1.82, 2.24) is 0 Å². The molecule has 86 valence electrons. The van der Waals surface area contributed by atoms with Gasteiger partial charge >= 0.3 is 5.97 Å². The van der Waals surface area contributed by atoms with Crippen LogP contribution in [0.5, 0.6) is 0 Å². The summed E-state index contributed by atoms with van der Waals surface area (Å²) < 4.78 is 1.07. The largest absolute Gasteiger partial charge is 0.481 e. The minimum absolute atomic E-state index is 0.151. The highest BCUT2D eigenvalue weighted by molar-refractivity contribution is 9.10. The van der Waals surface area contributed by atoms with Crippen LogP contribution in [0.2, 0.25) is 0 Å². The van der Waals surface area contributed by atoms with Gasteiger partial charge in [-0.25, -0.2) is 0 Å². The quantitative estimate of drug-likeness (QED) is 0.896. The smallest absolute Gasteiger partial charge is 0.306 e. The average Bonchev–Trinajstić information content (AvgIpc) is 2.30. The third kappa shape index (κ3) is 2.64. The summed E-state index contributed by atoms with van der Waals surface area (Å²) >= 11 is 3.41. The van der Waals surface area contributed by atoms with Crippen LogP contribution >= 0.6 is 15.9 Å². The molecule has 0 amide bonds. The molecule has 0 saturated heterocycles. The maximum atomic E-state index is 11.0. The molecule has 0 radical (unpaired) electrons. The summed E-state index contributed by atoms with van der Waals surface area (Å²) in [4.78, 5) is 11.0. The normalized spacial score (nSPS) is 25.3. The maximum absolute atomic E-state index is 11.0. The van der Waals surface area contributed by atoms with Gasteiger partial charge in [-0.15, -0.1) is 0 Å². The zero-order valence-electron chi connectivity index (χ0n) is 9.03. The predicted molar refractivity (Wildman–Crippen MR) is 66.5 cm³/mol. The number of rotatable bonds is 2. The fraction of sp³-hybridized carbons (Fsp3) is 0.462. The molecule has 1 aromatic carbocycles. The Labute approximate surface area is 104 Å². The fourth-order valence-corrected chi connectivity index (χ4v) is 2.72. The second-order valence-corrected chi connectivity index (χ2v) is 5.37. The molecule has 2 atom stereocenters. The van der Waals surface area contributed by atoms with Crippen LogP contribution in [0.15, 0.2) is 28.7 Å². The zero-order valence-corrected chi connectivity index (χ0v) is 10.6. The minimum Gasteiger partial charge on any atom is -0.481 e. The van der Waals surface area contributed by atoms with Crippen LogP contribution < -0.4 is 0 Å². The highest BCUT2D eigenvalue weighted by Crippen LogP contribution is 2.36. The molecule has 0 aromatic heterocycles. The summed E-state index contributed by atoms with van der Waals surface area (Å²) in [7, 11) is 0. The Hall–Kier alpha value is -0.830. The van der Waals surface area contributed by atoms with E-state index in [9.17, 15) is 4.79 Å². The van der Waals surface area contributed by atoms with Crippen molar-refractivity contribution >= 4 is 21.9 Å². The second-order valence-electron chi connectivity index (χ2n) is 4.45. The Morgan fingerprint density at radius 2 is 1.94 bits per heavy atom. The summed E-state index contributed by atoms with van der Waals surface area (Å²) in [5, 5.41) is 9.04. The molecule has 0 bridgehead atoms. The molecule has 2 nitrogen and oxygen atoms in total. The molecule has 1 fully saturated rings. The molecule has 16 heavy (non-hydrogen) atoms. The fourth-order valence-electron chi connectivity index (χ4n) is 2.45. The predicted octanol–water partition coefficient (Wildman–Crippen LogP) is 3.81. The van der Waals surface area contributed by atoms with Crippen LogP contribution in [-0.2, 0) is 4.79 Å². The third-order valence-electron chi connectivity index (χ3n) is 3.36. The Balaban J connectivity index is 2.09. The van der Waals surface area contributed by atoms with E-state index in [4.69, 9.17) is 5.11 Å². The molecule has 1 aliphatic rings. The molecule has 3 heteroatoms. The highest BCUT2D eigenvalue weighted by atomic mass is 79.9. The Morgan fingerprint density at radius 3 is 2.56 bits per heavy atom. The van der Waals surface area contributed by atoms with Crippen LogP contribution in [-0.4, -0.2) is 11.1 Å². The zero-order chi connectivity index (χ0) is 11.5. The van der Waals surface area contributed by atoms with Gasteiger partial charge in [0.2, 0.25) is 0 Å². The van der Waals surface area contributed by atoms with Gasteiger partial charge in [-0.05, 0) is 42.9 Å². The lowest BCUT2D eigenvalue weighted by atomic mass is 9.78. The summed E-state index contributed by atoms with van der Waals surface area (Å²) in [6, 6.07) is 8.25. The summed E-state index contributed by atoms with van der Waals surface area (Å²) in [5.74, 6) is -0.368. The van der Waals surface area contributed by atoms with Crippen molar-refractivity contribution < 1.29 is 9.90 Å². The molecule has 2 unspecified atom stereocenters. The molecular formula is C13H15BrO2. The van der Waals surface area contributed by atoms with Crippen molar-refractivity contribution in [1.29, 1.82) is 0 Å². The molecule has 1 aliphatic carbocycles. The number of carbonyl (C=O) groups is 1. The van der Waals surface area contributed by atoms with Crippen molar-refractivity contribution in [3.05, 3.63) is 34.3 Å². The van der Waals surface area contributed by atoms with Gasteiger partial charge in [0.25, 0.3) is 0 Å². The minimum atomic E-state index is -0.637. The number of carboxylic acid groups (broad SMARTS) is 1. The average molecular weight is 283 g/mol. The van der Waals surface area contributed by atoms with E-state index >= 15 is 0 Å². The van der Waals surface area contributed by atoms with E-state index in [2.05, 4.69) is 28.1 Å². The first-order valence-corrected chi connectivity index (χ1v) is 6.44. The Bertz CT molecular complexity index is 372. The van der Waals surface area contributed by atoms with E-state index < -0.39 is 5.97 Å². The SMILES string of the molecule is O=C(O)C1CCCC(c2ccc(Br)cc2)C1. The molecule has 1 N–H and O–H groups in total. The highest BCUT2D eigenvalue weighted by Gasteiger charge is 2.27. The molecule has 0 aliphatic heterocycles. The summed E-state index contributed by atoms with van der Waals surface area (Å²) in [5.41, 5.74) is 1.27. The number of hydrogen-bond acceptors (Lipinski definition) is 1. The Morgan fingerprint density at radius 1 is 1.25 bits per heavy atom. The van der Waals surface area contributed by atoms with Crippen LogP contribution in [0.1, 0.15) is 37.2 Å². The first-order valence-electron chi connectivity index (χ1n) is 5.65. The monoisotopic (exact) mass is 282 g/mol. The number of carboxylic acids is 1. The third-order valence-corrected chi connectivity index (χ3v) is 3.89. The molecule has 1 saturated carbocycles. The summed E-state index contributed by atoms with van der Waals surface area (Å²) in [6.45, 7) is 0. The van der Waals surface area contributed by atoms with Gasteiger partial charge in [0.1, 0.15) is 0 Å². The topological polar surface area (TPSA) is 37.3 Å². The molecular weight excluding hydrogens is 268 g/mol. The second kappa shape index (κ2) is 5.00. The van der Waals surface area contributed by atoms with Gasteiger partial charge in [0.05, 0.1) is 5.92 Å². The van der Waals surface area contributed by atoms with Gasteiger partial charge < -0.3 is 5.11 Å². The van der Waals surface area contributed by atoms with E-state index in [1.165, 1.54) is 5.56 Å². The van der Waals surface area contributed by atoms with E-state index in [-0.39, 0.29) is 5.92 Å². The van der Waals surface area contributed by atoms with E-state index in [1.807, 2.05) is 12.1 Å². The lowest BCUT2D eigenvalue weighted by Crippen LogP contribution is -2.21. The van der Waals surface area contributed by atoms with Crippen molar-refractivity contribution in [2.75, 3.05) is 0 Å². The number of aliphatic carboxylic acids is 1. The van der Waals surface area contributed by atoms with Crippen molar-refractivity contribution in [2.45, 2.75) is 31.6 Å². The van der Waals surface area contributed by atoms with E-state index in [1.54, 1.807) is 0 Å². The lowest BCUT2D eigenvalue weighted by Gasteiger charge is -2.26. The van der Waals surface area contributed by atoms with Gasteiger partial charge in [-0.1, -0.05) is 34.5 Å². The van der Waals surface area contributed by atoms with Crippen molar-refractivity contribution in [3.63, 3.8) is 0 Å². The van der Waals surface area contributed by atoms with Crippen LogP contribution in [0.4, 0.5) is 0 Å². The Kier molecular flexibility index (Phi) is 3.64. The van der Waals surface area contributed by atoms with Gasteiger partial charge in [0, 0.05) is 4.47 Å². The number of benzene rings is 1. The standard InChI is InChI=1S/C13H15BrO2/c14-12-6-4-9(5-7-12)10-2-1-3-11(8-10)13(15)16/h4-7,10-11H,1-3,8H2,(H,15,16). The van der Waals surface area contributed by atoms with Gasteiger partial charge in [-0.2, -0.15) is 0 Å². The van der Waals surface area contributed by atoms with Crippen molar-refractivity contribution in [2.24, 2.45) is 5.92 Å². The van der Waals surface area contributed by atoms with E-state index in [0.29, 0.717) is 5.92 Å². The van der Waals surface area contributed by atoms with E-state index in [0.717, 1.165) is 30.2 Å². The lowest BCUT2D eigenvalue weighted by molar-refractivity contribution is -0.142. The van der Waals surface area contributed by atoms with Crippen LogP contribution in [0.25, 0.3) is 0 Å². The van der Waals surface area contributed by atoms with Crippen LogP contribution in [0, 0.1) is 5.92 Å². The maximum Gasteiger partial charge on any atom is 0.306 e. The van der Waals surface area contributed by atoms with Crippen molar-refractivity contribution in [3.8, 4) is 0 Å². The number of hydrogen-bond donors (Lipinski definition) is 1. The first-order chi connectivity index (χ1) is 7.66. The summed E-state index contributed by atoms with van der Waals surface area (Å²) in [6.07, 6.45) is 3.77. The van der Waals surface area contributed by atoms with Crippen LogP contribution in [0.3, 0.4) is 0 Å².